The van der Waals surface area contributed by atoms with E-state index in [1.807, 2.05) is 36.4 Å². The SMILES string of the molecule is O=C(Cn1ncc(=O)c2ccccc21)Nc1ccccc1N1CCCCCC1. The van der Waals surface area contributed by atoms with E-state index >= 15 is 0 Å². The van der Waals surface area contributed by atoms with Gasteiger partial charge in [-0.1, -0.05) is 37.1 Å². The first-order chi connectivity index (χ1) is 13.7. The van der Waals surface area contributed by atoms with E-state index in [2.05, 4.69) is 21.4 Å². The maximum absolute atomic E-state index is 12.7. The van der Waals surface area contributed by atoms with Crippen molar-refractivity contribution in [2.45, 2.75) is 32.2 Å². The van der Waals surface area contributed by atoms with Gasteiger partial charge < -0.3 is 10.2 Å². The van der Waals surface area contributed by atoms with Gasteiger partial charge in [-0.2, -0.15) is 5.10 Å². The van der Waals surface area contributed by atoms with Gasteiger partial charge in [0, 0.05) is 18.5 Å². The predicted molar refractivity (Wildman–Crippen MR) is 112 cm³/mol. The fraction of sp³-hybridized carbons (Fsp3) is 0.318. The van der Waals surface area contributed by atoms with Crippen LogP contribution in [-0.2, 0) is 11.3 Å². The molecule has 3 aromatic rings. The Kier molecular flexibility index (Phi) is 5.37. The van der Waals surface area contributed by atoms with Gasteiger partial charge in [-0.15, -0.1) is 0 Å². The summed E-state index contributed by atoms with van der Waals surface area (Å²) in [7, 11) is 0. The summed E-state index contributed by atoms with van der Waals surface area (Å²) < 4.78 is 1.57. The van der Waals surface area contributed by atoms with Crippen LogP contribution in [0.4, 0.5) is 11.4 Å². The molecule has 4 rings (SSSR count). The van der Waals surface area contributed by atoms with Crippen LogP contribution in [0.15, 0.2) is 59.5 Å². The maximum Gasteiger partial charge on any atom is 0.246 e. The molecule has 0 saturated carbocycles. The largest absolute Gasteiger partial charge is 0.370 e. The smallest absolute Gasteiger partial charge is 0.246 e. The Bertz CT molecular complexity index is 1040. The molecule has 0 radical (unpaired) electrons. The van der Waals surface area contributed by atoms with Crippen molar-refractivity contribution in [3.05, 3.63) is 65.0 Å². The van der Waals surface area contributed by atoms with Gasteiger partial charge in [0.2, 0.25) is 11.3 Å². The van der Waals surface area contributed by atoms with Gasteiger partial charge in [-0.05, 0) is 37.1 Å². The number of aromatic nitrogens is 2. The van der Waals surface area contributed by atoms with Gasteiger partial charge in [0.1, 0.15) is 6.54 Å². The maximum atomic E-state index is 12.7. The van der Waals surface area contributed by atoms with Crippen LogP contribution in [-0.4, -0.2) is 28.8 Å². The molecule has 144 valence electrons. The summed E-state index contributed by atoms with van der Waals surface area (Å²) in [6.07, 6.45) is 6.14. The summed E-state index contributed by atoms with van der Waals surface area (Å²) in [6.45, 7) is 2.08. The summed E-state index contributed by atoms with van der Waals surface area (Å²) in [4.78, 5) is 27.1. The molecule has 1 N–H and O–H groups in total. The lowest BCUT2D eigenvalue weighted by Crippen LogP contribution is -2.27. The number of nitrogens with one attached hydrogen (secondary N) is 1. The number of rotatable bonds is 4. The van der Waals surface area contributed by atoms with Gasteiger partial charge in [0.25, 0.3) is 0 Å². The van der Waals surface area contributed by atoms with Crippen molar-refractivity contribution in [3.63, 3.8) is 0 Å². The summed E-state index contributed by atoms with van der Waals surface area (Å²) >= 11 is 0. The average Bonchev–Trinajstić information content (AvgIpc) is 3.00. The van der Waals surface area contributed by atoms with Crippen LogP contribution in [0.2, 0.25) is 0 Å². The zero-order chi connectivity index (χ0) is 19.3. The molecule has 1 aliphatic heterocycles. The predicted octanol–water partition coefficient (Wildman–Crippen LogP) is 3.42. The minimum absolute atomic E-state index is 0.0507. The second-order valence-corrected chi connectivity index (χ2v) is 7.15. The normalized spacial score (nSPS) is 14.6. The van der Waals surface area contributed by atoms with Gasteiger partial charge in [0.05, 0.1) is 23.1 Å². The highest BCUT2D eigenvalue weighted by atomic mass is 16.2. The van der Waals surface area contributed by atoms with E-state index in [9.17, 15) is 9.59 Å². The van der Waals surface area contributed by atoms with Crippen LogP contribution in [0.5, 0.6) is 0 Å². The molecular weight excluding hydrogens is 352 g/mol. The van der Waals surface area contributed by atoms with E-state index in [4.69, 9.17) is 0 Å². The summed E-state index contributed by atoms with van der Waals surface area (Å²) in [6, 6.07) is 15.2. The summed E-state index contributed by atoms with van der Waals surface area (Å²) in [5.41, 5.74) is 2.40. The molecule has 2 heterocycles. The number of carbonyl (C=O) groups is 1. The van der Waals surface area contributed by atoms with Crippen LogP contribution in [0.1, 0.15) is 25.7 Å². The van der Waals surface area contributed by atoms with Crippen molar-refractivity contribution in [3.8, 4) is 0 Å². The van der Waals surface area contributed by atoms with Gasteiger partial charge >= 0.3 is 0 Å². The highest BCUT2D eigenvalue weighted by Gasteiger charge is 2.15. The molecule has 1 aromatic heterocycles. The Labute approximate surface area is 163 Å². The van der Waals surface area contributed by atoms with Gasteiger partial charge in [-0.3, -0.25) is 14.3 Å². The van der Waals surface area contributed by atoms with Crippen LogP contribution in [0.3, 0.4) is 0 Å². The highest BCUT2D eigenvalue weighted by Crippen LogP contribution is 2.28. The highest BCUT2D eigenvalue weighted by molar-refractivity contribution is 5.95. The quantitative estimate of drug-likeness (QED) is 0.758. The van der Waals surface area contributed by atoms with Crippen molar-refractivity contribution < 1.29 is 4.79 Å². The van der Waals surface area contributed by atoms with Crippen molar-refractivity contribution in [1.29, 1.82) is 0 Å². The number of amides is 1. The molecule has 1 fully saturated rings. The Balaban J connectivity index is 1.55. The topological polar surface area (TPSA) is 67.2 Å². The lowest BCUT2D eigenvalue weighted by molar-refractivity contribution is -0.116. The second kappa shape index (κ2) is 8.25. The number of carbonyl (C=O) groups excluding carboxylic acids is 1. The number of nitrogens with zero attached hydrogens (tertiary/aromatic N) is 3. The van der Waals surface area contributed by atoms with E-state index in [0.29, 0.717) is 10.9 Å². The first-order valence-corrected chi connectivity index (χ1v) is 9.81. The zero-order valence-electron chi connectivity index (χ0n) is 15.8. The lowest BCUT2D eigenvalue weighted by atomic mass is 10.2. The monoisotopic (exact) mass is 376 g/mol. The van der Waals surface area contributed by atoms with Crippen molar-refractivity contribution in [1.82, 2.24) is 9.78 Å². The van der Waals surface area contributed by atoms with Crippen LogP contribution in [0.25, 0.3) is 10.9 Å². The van der Waals surface area contributed by atoms with E-state index in [1.165, 1.54) is 31.9 Å². The van der Waals surface area contributed by atoms with Crippen molar-refractivity contribution >= 4 is 28.2 Å². The molecule has 2 aromatic carbocycles. The Hall–Kier alpha value is -3.15. The summed E-state index contributed by atoms with van der Waals surface area (Å²) in [5, 5.41) is 7.75. The fourth-order valence-corrected chi connectivity index (χ4v) is 3.78. The molecular formula is C22H24N4O2. The lowest BCUT2D eigenvalue weighted by Gasteiger charge is -2.25. The van der Waals surface area contributed by atoms with Crippen LogP contribution >= 0.6 is 0 Å². The molecule has 0 aliphatic carbocycles. The second-order valence-electron chi connectivity index (χ2n) is 7.15. The standard InChI is InChI=1S/C22H24N4O2/c27-21-15-23-26(19-11-5-3-9-17(19)21)16-22(28)24-18-10-4-6-12-20(18)25-13-7-1-2-8-14-25/h3-6,9-12,15H,1-2,7-8,13-14,16H2,(H,24,28). The number of anilines is 2. The molecule has 1 amide bonds. The molecule has 0 unspecified atom stereocenters. The van der Waals surface area contributed by atoms with E-state index < -0.39 is 0 Å². The molecule has 0 bridgehead atoms. The Morgan fingerprint density at radius 1 is 0.964 bits per heavy atom. The number of para-hydroxylation sites is 3. The molecule has 0 spiro atoms. The van der Waals surface area contributed by atoms with Gasteiger partial charge in [0.15, 0.2) is 0 Å². The molecule has 0 atom stereocenters. The molecule has 6 heteroatoms. The number of fused-ring (bicyclic) bond motifs is 1. The number of benzene rings is 2. The van der Waals surface area contributed by atoms with Crippen molar-refractivity contribution in [2.75, 3.05) is 23.3 Å². The van der Waals surface area contributed by atoms with Crippen LogP contribution in [0, 0.1) is 0 Å². The fourth-order valence-electron chi connectivity index (χ4n) is 3.78. The van der Waals surface area contributed by atoms with E-state index in [0.717, 1.165) is 24.5 Å². The molecule has 28 heavy (non-hydrogen) atoms. The zero-order valence-corrected chi connectivity index (χ0v) is 15.8. The van der Waals surface area contributed by atoms with E-state index in [-0.39, 0.29) is 17.9 Å². The third kappa shape index (κ3) is 3.91. The van der Waals surface area contributed by atoms with E-state index in [1.54, 1.807) is 10.7 Å². The van der Waals surface area contributed by atoms with Gasteiger partial charge in [-0.25, -0.2) is 0 Å². The molecule has 1 saturated heterocycles. The number of hydrogen-bond acceptors (Lipinski definition) is 4. The minimum atomic E-state index is -0.163. The average molecular weight is 376 g/mol. The first-order valence-electron chi connectivity index (χ1n) is 9.81. The number of hydrogen-bond donors (Lipinski definition) is 1. The molecule has 6 nitrogen and oxygen atoms in total. The minimum Gasteiger partial charge on any atom is -0.370 e. The Morgan fingerprint density at radius 2 is 1.68 bits per heavy atom. The van der Waals surface area contributed by atoms with Crippen molar-refractivity contribution in [2.24, 2.45) is 0 Å². The summed E-state index contributed by atoms with van der Waals surface area (Å²) in [5.74, 6) is -0.163. The van der Waals surface area contributed by atoms with Crippen LogP contribution < -0.4 is 15.6 Å². The molecule has 1 aliphatic rings. The Morgan fingerprint density at radius 3 is 2.50 bits per heavy atom. The first kappa shape index (κ1) is 18.2. The third-order valence-corrected chi connectivity index (χ3v) is 5.18. The third-order valence-electron chi connectivity index (χ3n) is 5.18.